The van der Waals surface area contributed by atoms with Crippen LogP contribution in [0.15, 0.2) is 28.9 Å². The summed E-state index contributed by atoms with van der Waals surface area (Å²) in [6.07, 6.45) is 6.22. The lowest BCUT2D eigenvalue weighted by Gasteiger charge is -2.25. The highest BCUT2D eigenvalue weighted by Gasteiger charge is 2.20. The smallest absolute Gasteiger partial charge is 0.233 e. The number of hydrogen-bond donors (Lipinski definition) is 1. The second-order valence-electron chi connectivity index (χ2n) is 5.80. The molecular weight excluding hydrogens is 342 g/mol. The first kappa shape index (κ1) is 15.2. The van der Waals surface area contributed by atoms with E-state index in [4.69, 9.17) is 10.5 Å². The molecule has 1 aromatic heterocycles. The van der Waals surface area contributed by atoms with Crippen LogP contribution in [0, 0.1) is 0 Å². The number of pyridine rings is 1. The van der Waals surface area contributed by atoms with Crippen molar-refractivity contribution in [3.05, 3.63) is 40.0 Å². The largest absolute Gasteiger partial charge is 0.438 e. The Labute approximate surface area is 139 Å². The maximum absolute atomic E-state index is 6.07. The van der Waals surface area contributed by atoms with Crippen LogP contribution < -0.4 is 15.4 Å². The summed E-state index contributed by atoms with van der Waals surface area (Å²) >= 11 is 3.46. The molecule has 2 N–H and O–H groups in total. The summed E-state index contributed by atoms with van der Waals surface area (Å²) in [6, 6.07) is 5.98. The van der Waals surface area contributed by atoms with Gasteiger partial charge in [-0.15, -0.1) is 0 Å². The van der Waals surface area contributed by atoms with E-state index >= 15 is 0 Å². The van der Waals surface area contributed by atoms with Crippen molar-refractivity contribution in [3.63, 3.8) is 0 Å². The first-order chi connectivity index (χ1) is 10.6. The van der Waals surface area contributed by atoms with Gasteiger partial charge in [-0.05, 0) is 65.4 Å². The van der Waals surface area contributed by atoms with Crippen LogP contribution in [-0.2, 0) is 12.8 Å². The fourth-order valence-corrected chi connectivity index (χ4v) is 3.40. The van der Waals surface area contributed by atoms with Crippen LogP contribution in [0.5, 0.6) is 11.6 Å². The van der Waals surface area contributed by atoms with Gasteiger partial charge in [0.2, 0.25) is 5.88 Å². The van der Waals surface area contributed by atoms with Gasteiger partial charge in [0.05, 0.1) is 16.4 Å². The molecule has 3 rings (SSSR count). The summed E-state index contributed by atoms with van der Waals surface area (Å²) < 4.78 is 6.84. The van der Waals surface area contributed by atoms with Crippen LogP contribution in [0.3, 0.4) is 0 Å². The molecule has 0 aliphatic heterocycles. The van der Waals surface area contributed by atoms with E-state index < -0.39 is 0 Å². The molecule has 0 spiro atoms. The molecule has 1 aliphatic carbocycles. The van der Waals surface area contributed by atoms with E-state index in [1.54, 1.807) is 6.20 Å². The van der Waals surface area contributed by atoms with Crippen molar-refractivity contribution in [1.82, 2.24) is 4.98 Å². The third-order valence-electron chi connectivity index (χ3n) is 3.98. The van der Waals surface area contributed by atoms with Gasteiger partial charge in [-0.1, -0.05) is 0 Å². The van der Waals surface area contributed by atoms with Crippen LogP contribution in [0.1, 0.15) is 24.0 Å². The first-order valence-corrected chi connectivity index (χ1v) is 8.26. The predicted molar refractivity (Wildman–Crippen MR) is 93.8 cm³/mol. The second kappa shape index (κ2) is 6.16. The summed E-state index contributed by atoms with van der Waals surface area (Å²) in [5, 5.41) is 0. The Morgan fingerprint density at radius 1 is 1.18 bits per heavy atom. The molecule has 5 heteroatoms. The van der Waals surface area contributed by atoms with Gasteiger partial charge in [-0.2, -0.15) is 0 Å². The molecule has 0 bridgehead atoms. The van der Waals surface area contributed by atoms with Crippen LogP contribution in [0.2, 0.25) is 0 Å². The zero-order valence-electron chi connectivity index (χ0n) is 12.9. The highest BCUT2D eigenvalue weighted by atomic mass is 79.9. The van der Waals surface area contributed by atoms with E-state index in [1.165, 1.54) is 29.7 Å². The van der Waals surface area contributed by atoms with Crippen molar-refractivity contribution >= 4 is 27.3 Å². The van der Waals surface area contributed by atoms with Gasteiger partial charge < -0.3 is 15.4 Å². The molecule has 2 aromatic rings. The van der Waals surface area contributed by atoms with Gasteiger partial charge in [0.25, 0.3) is 0 Å². The van der Waals surface area contributed by atoms with Crippen LogP contribution in [0.4, 0.5) is 11.4 Å². The Bertz CT molecular complexity index is 701. The molecular formula is C17H20BrN3O. The zero-order valence-corrected chi connectivity index (χ0v) is 14.5. The normalized spacial score (nSPS) is 13.6. The van der Waals surface area contributed by atoms with Gasteiger partial charge in [0.15, 0.2) is 0 Å². The third-order valence-corrected chi connectivity index (χ3v) is 4.55. The minimum absolute atomic E-state index is 0.555. The molecule has 1 heterocycles. The Balaban J connectivity index is 2.01. The van der Waals surface area contributed by atoms with Crippen molar-refractivity contribution in [1.29, 1.82) is 0 Å². The SMILES string of the molecule is CN(C)c1ccc(Oc2ncc(N)cc2Br)c2c1CCCC2. The summed E-state index contributed by atoms with van der Waals surface area (Å²) in [6.45, 7) is 0. The van der Waals surface area contributed by atoms with Gasteiger partial charge in [-0.3, -0.25) is 0 Å². The summed E-state index contributed by atoms with van der Waals surface area (Å²) in [5.41, 5.74) is 10.3. The number of ether oxygens (including phenoxy) is 1. The molecule has 0 saturated carbocycles. The number of benzene rings is 1. The van der Waals surface area contributed by atoms with Crippen LogP contribution >= 0.6 is 15.9 Å². The maximum atomic E-state index is 6.07. The van der Waals surface area contributed by atoms with Crippen molar-refractivity contribution < 1.29 is 4.74 Å². The van der Waals surface area contributed by atoms with Crippen LogP contribution in [-0.4, -0.2) is 19.1 Å². The molecule has 0 radical (unpaired) electrons. The van der Waals surface area contributed by atoms with E-state index in [0.717, 1.165) is 23.1 Å². The Morgan fingerprint density at radius 3 is 2.59 bits per heavy atom. The fourth-order valence-electron chi connectivity index (χ4n) is 2.95. The quantitative estimate of drug-likeness (QED) is 0.891. The maximum Gasteiger partial charge on any atom is 0.233 e. The van der Waals surface area contributed by atoms with Crippen molar-refractivity contribution in [3.8, 4) is 11.6 Å². The lowest BCUT2D eigenvalue weighted by Crippen LogP contribution is -2.15. The molecule has 0 fully saturated rings. The average molecular weight is 362 g/mol. The highest BCUT2D eigenvalue weighted by Crippen LogP contribution is 2.38. The molecule has 22 heavy (non-hydrogen) atoms. The first-order valence-electron chi connectivity index (χ1n) is 7.47. The van der Waals surface area contributed by atoms with E-state index in [2.05, 4.69) is 46.0 Å². The number of anilines is 2. The summed E-state index contributed by atoms with van der Waals surface area (Å²) in [4.78, 5) is 6.45. The number of rotatable bonds is 3. The lowest BCUT2D eigenvalue weighted by molar-refractivity contribution is 0.449. The van der Waals surface area contributed by atoms with Gasteiger partial charge in [0, 0.05) is 25.3 Å². The molecule has 4 nitrogen and oxygen atoms in total. The van der Waals surface area contributed by atoms with Gasteiger partial charge in [0.1, 0.15) is 5.75 Å². The molecule has 1 aliphatic rings. The number of hydrogen-bond acceptors (Lipinski definition) is 4. The molecule has 0 amide bonds. The Morgan fingerprint density at radius 2 is 1.91 bits per heavy atom. The summed E-state index contributed by atoms with van der Waals surface area (Å²) in [7, 11) is 4.17. The van der Waals surface area contributed by atoms with Gasteiger partial charge in [-0.25, -0.2) is 4.98 Å². The number of aromatic nitrogens is 1. The van der Waals surface area contributed by atoms with Crippen molar-refractivity contribution in [2.75, 3.05) is 24.7 Å². The molecule has 1 aromatic carbocycles. The third kappa shape index (κ3) is 2.90. The molecule has 0 saturated heterocycles. The monoisotopic (exact) mass is 361 g/mol. The molecule has 0 atom stereocenters. The minimum atomic E-state index is 0.555. The Kier molecular flexibility index (Phi) is 4.25. The topological polar surface area (TPSA) is 51.4 Å². The summed E-state index contributed by atoms with van der Waals surface area (Å²) in [5.74, 6) is 1.46. The average Bonchev–Trinajstić information content (AvgIpc) is 2.50. The molecule has 116 valence electrons. The van der Waals surface area contributed by atoms with E-state index in [9.17, 15) is 0 Å². The predicted octanol–water partition coefficient (Wildman–Crippen LogP) is 4.16. The number of fused-ring (bicyclic) bond motifs is 1. The standard InChI is InChI=1S/C17H20BrN3O/c1-21(2)15-7-8-16(13-6-4-3-5-12(13)15)22-17-14(18)9-11(19)10-20-17/h7-10H,3-6,19H2,1-2H3. The number of nitrogens with zero attached hydrogens (tertiary/aromatic N) is 2. The van der Waals surface area contributed by atoms with E-state index in [0.29, 0.717) is 11.6 Å². The minimum Gasteiger partial charge on any atom is -0.438 e. The van der Waals surface area contributed by atoms with Crippen molar-refractivity contribution in [2.45, 2.75) is 25.7 Å². The highest BCUT2D eigenvalue weighted by molar-refractivity contribution is 9.10. The zero-order chi connectivity index (χ0) is 15.7. The number of nitrogens with two attached hydrogens (primary N) is 1. The lowest BCUT2D eigenvalue weighted by atomic mass is 9.89. The number of halogens is 1. The number of nitrogen functional groups attached to an aromatic ring is 1. The Hall–Kier alpha value is -1.75. The fraction of sp³-hybridized carbons (Fsp3) is 0.353. The van der Waals surface area contributed by atoms with E-state index in [1.807, 2.05) is 12.1 Å². The van der Waals surface area contributed by atoms with E-state index in [-0.39, 0.29) is 0 Å². The van der Waals surface area contributed by atoms with Crippen LogP contribution in [0.25, 0.3) is 0 Å². The second-order valence-corrected chi connectivity index (χ2v) is 6.65. The van der Waals surface area contributed by atoms with Gasteiger partial charge >= 0.3 is 0 Å². The van der Waals surface area contributed by atoms with Crippen molar-refractivity contribution in [2.24, 2.45) is 0 Å². The molecule has 0 unspecified atom stereocenters.